The smallest absolute Gasteiger partial charge is 0.302 e. The first-order valence-electron chi connectivity index (χ1n) is 4.83. The van der Waals surface area contributed by atoms with Crippen LogP contribution in [0.3, 0.4) is 0 Å². The van der Waals surface area contributed by atoms with Crippen LogP contribution in [0.5, 0.6) is 5.75 Å². The summed E-state index contributed by atoms with van der Waals surface area (Å²) in [4.78, 5) is 13.6. The number of rotatable bonds is 0. The van der Waals surface area contributed by atoms with Crippen molar-refractivity contribution in [3.05, 3.63) is 35.5 Å². The minimum Gasteiger partial charge on any atom is -0.506 e. The van der Waals surface area contributed by atoms with E-state index in [1.54, 1.807) is 18.3 Å². The van der Waals surface area contributed by atoms with Crippen LogP contribution in [-0.4, -0.2) is 23.2 Å². The number of carbonyl (C=O) groups is 1. The Morgan fingerprint density at radius 2 is 2.06 bits per heavy atom. The lowest BCUT2D eigenvalue weighted by atomic mass is 10.2. The van der Waals surface area contributed by atoms with E-state index >= 15 is 0 Å². The quantitative estimate of drug-likeness (QED) is 0.734. The molecule has 0 fully saturated rings. The van der Waals surface area contributed by atoms with Gasteiger partial charge in [0.05, 0.1) is 12.1 Å². The standard InChI is InChI=1S/C9H6ClNO.C3H6O2/c10-7-3-4-8(12)9-6(7)2-1-5-11-9;1-3(4)5-2/h1-5,12H;1-2H3. The number of fused-ring (bicyclic) bond motifs is 1. The third-order valence-electron chi connectivity index (χ3n) is 1.98. The number of nitrogens with zero attached hydrogens (tertiary/aromatic N) is 1. The van der Waals surface area contributed by atoms with Crippen LogP contribution < -0.4 is 0 Å². The van der Waals surface area contributed by atoms with E-state index in [1.165, 1.54) is 20.1 Å². The first kappa shape index (κ1) is 13.3. The van der Waals surface area contributed by atoms with Crippen LogP contribution in [0.4, 0.5) is 0 Å². The summed E-state index contributed by atoms with van der Waals surface area (Å²) in [6.45, 7) is 1.36. The van der Waals surface area contributed by atoms with Gasteiger partial charge >= 0.3 is 5.97 Å². The van der Waals surface area contributed by atoms with E-state index in [4.69, 9.17) is 11.6 Å². The molecule has 90 valence electrons. The summed E-state index contributed by atoms with van der Waals surface area (Å²) in [6, 6.07) is 6.80. The molecule has 0 spiro atoms. The molecule has 0 aliphatic carbocycles. The number of hydrogen-bond donors (Lipinski definition) is 1. The third-order valence-corrected chi connectivity index (χ3v) is 2.31. The van der Waals surface area contributed by atoms with E-state index in [-0.39, 0.29) is 11.7 Å². The molecule has 0 amide bonds. The highest BCUT2D eigenvalue weighted by atomic mass is 35.5. The summed E-state index contributed by atoms with van der Waals surface area (Å²) in [5.41, 5.74) is 0.546. The zero-order chi connectivity index (χ0) is 12.8. The van der Waals surface area contributed by atoms with Crippen LogP contribution in [0.1, 0.15) is 6.92 Å². The number of phenolic OH excluding ortho intramolecular Hbond substituents is 1. The fourth-order valence-electron chi connectivity index (χ4n) is 1.12. The van der Waals surface area contributed by atoms with Crippen molar-refractivity contribution >= 4 is 28.5 Å². The van der Waals surface area contributed by atoms with Gasteiger partial charge in [-0.15, -0.1) is 0 Å². The summed E-state index contributed by atoms with van der Waals surface area (Å²) in [7, 11) is 1.35. The lowest BCUT2D eigenvalue weighted by Gasteiger charge is -2.00. The van der Waals surface area contributed by atoms with E-state index < -0.39 is 0 Å². The predicted molar refractivity (Wildman–Crippen MR) is 66.1 cm³/mol. The summed E-state index contributed by atoms with van der Waals surface area (Å²) in [6.07, 6.45) is 1.62. The molecule has 0 bridgehead atoms. The lowest BCUT2D eigenvalue weighted by molar-refractivity contribution is -0.137. The summed E-state index contributed by atoms with van der Waals surface area (Å²) < 4.78 is 4.11. The fourth-order valence-corrected chi connectivity index (χ4v) is 1.34. The van der Waals surface area contributed by atoms with Crippen LogP contribution in [0.25, 0.3) is 10.9 Å². The molecule has 4 nitrogen and oxygen atoms in total. The maximum Gasteiger partial charge on any atom is 0.302 e. The van der Waals surface area contributed by atoms with Gasteiger partial charge in [0.2, 0.25) is 0 Å². The van der Waals surface area contributed by atoms with E-state index in [2.05, 4.69) is 9.72 Å². The van der Waals surface area contributed by atoms with Crippen LogP contribution in [0.2, 0.25) is 5.02 Å². The van der Waals surface area contributed by atoms with Crippen molar-refractivity contribution in [3.63, 3.8) is 0 Å². The van der Waals surface area contributed by atoms with Gasteiger partial charge in [0.25, 0.3) is 0 Å². The highest BCUT2D eigenvalue weighted by Gasteiger charge is 2.02. The van der Waals surface area contributed by atoms with E-state index in [0.717, 1.165) is 5.39 Å². The minimum atomic E-state index is -0.245. The molecule has 2 aromatic rings. The van der Waals surface area contributed by atoms with Gasteiger partial charge in [-0.05, 0) is 24.3 Å². The van der Waals surface area contributed by atoms with E-state index in [0.29, 0.717) is 10.5 Å². The first-order valence-corrected chi connectivity index (χ1v) is 5.20. The van der Waals surface area contributed by atoms with Gasteiger partial charge in [0, 0.05) is 18.5 Å². The number of methoxy groups -OCH3 is 1. The number of phenols is 1. The molecule has 0 radical (unpaired) electrons. The molecule has 0 atom stereocenters. The second-order valence-corrected chi connectivity index (χ2v) is 3.57. The Morgan fingerprint density at radius 3 is 2.59 bits per heavy atom. The Morgan fingerprint density at radius 1 is 1.41 bits per heavy atom. The minimum absolute atomic E-state index is 0.162. The number of hydrogen-bond acceptors (Lipinski definition) is 4. The second kappa shape index (κ2) is 6.06. The topological polar surface area (TPSA) is 59.4 Å². The van der Waals surface area contributed by atoms with Crippen molar-refractivity contribution < 1.29 is 14.6 Å². The van der Waals surface area contributed by atoms with Crippen LogP contribution in [-0.2, 0) is 9.53 Å². The number of carbonyl (C=O) groups excluding carboxylic acids is 1. The molecule has 0 aliphatic rings. The van der Waals surface area contributed by atoms with E-state index in [9.17, 15) is 9.90 Å². The van der Waals surface area contributed by atoms with Crippen molar-refractivity contribution in [2.24, 2.45) is 0 Å². The molecular formula is C12H12ClNO3. The summed E-state index contributed by atoms with van der Waals surface area (Å²) in [5.74, 6) is -0.0833. The molecule has 0 aliphatic heterocycles. The van der Waals surface area contributed by atoms with E-state index in [1.807, 2.05) is 6.07 Å². The molecule has 5 heteroatoms. The molecule has 0 saturated heterocycles. The number of benzene rings is 1. The molecule has 1 aromatic carbocycles. The first-order chi connectivity index (χ1) is 8.06. The molecule has 1 N–H and O–H groups in total. The predicted octanol–water partition coefficient (Wildman–Crippen LogP) is 2.77. The second-order valence-electron chi connectivity index (χ2n) is 3.16. The SMILES string of the molecule is COC(C)=O.Oc1ccc(Cl)c2cccnc12. The monoisotopic (exact) mass is 253 g/mol. The normalized spacial score (nSPS) is 9.35. The number of aromatic hydroxyl groups is 1. The third kappa shape index (κ3) is 3.60. The zero-order valence-electron chi connectivity index (χ0n) is 9.48. The maximum atomic E-state index is 9.59. The lowest BCUT2D eigenvalue weighted by Crippen LogP contribution is -1.88. The van der Waals surface area contributed by atoms with Crippen LogP contribution >= 0.6 is 11.6 Å². The molecular weight excluding hydrogens is 242 g/mol. The van der Waals surface area contributed by atoms with Crippen LogP contribution in [0, 0.1) is 0 Å². The van der Waals surface area contributed by atoms with Gasteiger partial charge < -0.3 is 9.84 Å². The van der Waals surface area contributed by atoms with Gasteiger partial charge in [-0.3, -0.25) is 9.78 Å². The molecule has 0 saturated carbocycles. The summed E-state index contributed by atoms with van der Waals surface area (Å²) >= 11 is 5.88. The van der Waals surface area contributed by atoms with Gasteiger partial charge in [0.1, 0.15) is 11.3 Å². The molecule has 17 heavy (non-hydrogen) atoms. The average molecular weight is 254 g/mol. The molecule has 1 aromatic heterocycles. The van der Waals surface area contributed by atoms with Gasteiger partial charge in [0.15, 0.2) is 0 Å². The van der Waals surface area contributed by atoms with Crippen molar-refractivity contribution in [2.75, 3.05) is 7.11 Å². The van der Waals surface area contributed by atoms with Crippen molar-refractivity contribution in [1.82, 2.24) is 4.98 Å². The Hall–Kier alpha value is -1.81. The number of halogens is 1. The van der Waals surface area contributed by atoms with Crippen molar-refractivity contribution in [2.45, 2.75) is 6.92 Å². The number of pyridine rings is 1. The van der Waals surface area contributed by atoms with Crippen molar-refractivity contribution in [1.29, 1.82) is 0 Å². The van der Waals surface area contributed by atoms with Gasteiger partial charge in [-0.2, -0.15) is 0 Å². The Labute approximate surface area is 104 Å². The fraction of sp³-hybridized carbons (Fsp3) is 0.167. The highest BCUT2D eigenvalue weighted by Crippen LogP contribution is 2.28. The number of esters is 1. The average Bonchev–Trinajstić information content (AvgIpc) is 2.35. The largest absolute Gasteiger partial charge is 0.506 e. The highest BCUT2D eigenvalue weighted by molar-refractivity contribution is 6.35. The summed E-state index contributed by atoms with van der Waals surface area (Å²) in [5, 5.41) is 10.8. The zero-order valence-corrected chi connectivity index (χ0v) is 10.2. The Kier molecular flexibility index (Phi) is 4.72. The van der Waals surface area contributed by atoms with Gasteiger partial charge in [-0.25, -0.2) is 0 Å². The molecule has 0 unspecified atom stereocenters. The number of ether oxygens (including phenoxy) is 1. The molecule has 2 rings (SSSR count). The maximum absolute atomic E-state index is 9.59. The van der Waals surface area contributed by atoms with Crippen molar-refractivity contribution in [3.8, 4) is 5.75 Å². The number of aromatic nitrogens is 1. The Balaban J connectivity index is 0.000000249. The van der Waals surface area contributed by atoms with Gasteiger partial charge in [-0.1, -0.05) is 11.6 Å². The molecule has 1 heterocycles. The Bertz CT molecular complexity index is 488. The van der Waals surface area contributed by atoms with Crippen LogP contribution in [0.15, 0.2) is 30.5 Å².